The number of anilines is 1. The van der Waals surface area contributed by atoms with Gasteiger partial charge in [-0.2, -0.15) is 0 Å². The van der Waals surface area contributed by atoms with Crippen molar-refractivity contribution in [2.45, 2.75) is 20.4 Å². The maximum absolute atomic E-state index is 11.9. The Balaban J connectivity index is 1.90. The van der Waals surface area contributed by atoms with Crippen LogP contribution in [0.4, 0.5) is 10.5 Å². The fourth-order valence-corrected chi connectivity index (χ4v) is 2.24. The highest BCUT2D eigenvalue weighted by atomic mass is 16.2. The maximum Gasteiger partial charge on any atom is 0.319 e. The lowest BCUT2D eigenvalue weighted by Crippen LogP contribution is -2.28. The van der Waals surface area contributed by atoms with Crippen molar-refractivity contribution in [3.8, 4) is 0 Å². The minimum Gasteiger partial charge on any atom is -0.355 e. The summed E-state index contributed by atoms with van der Waals surface area (Å²) >= 11 is 0. The molecular weight excluding hydrogens is 290 g/mol. The molecule has 0 fully saturated rings. The third-order valence-corrected chi connectivity index (χ3v) is 3.57. The van der Waals surface area contributed by atoms with E-state index in [9.17, 15) is 9.59 Å². The van der Waals surface area contributed by atoms with Gasteiger partial charge in [-0.15, -0.1) is 0 Å². The summed E-state index contributed by atoms with van der Waals surface area (Å²) < 4.78 is 0. The number of rotatable bonds is 4. The Labute approximate surface area is 136 Å². The second-order valence-electron chi connectivity index (χ2n) is 5.39. The van der Waals surface area contributed by atoms with E-state index in [1.807, 2.05) is 26.0 Å². The summed E-state index contributed by atoms with van der Waals surface area (Å²) in [5.74, 6) is -0.157. The Hall–Kier alpha value is -2.82. The molecule has 0 heterocycles. The summed E-state index contributed by atoms with van der Waals surface area (Å²) in [5.41, 5.74) is 4.62. The quantitative estimate of drug-likeness (QED) is 0.812. The van der Waals surface area contributed by atoms with E-state index in [0.29, 0.717) is 17.8 Å². The van der Waals surface area contributed by atoms with Gasteiger partial charge in [0.2, 0.25) is 0 Å². The number of benzene rings is 2. The summed E-state index contributed by atoms with van der Waals surface area (Å²) in [6, 6.07) is 12.6. The van der Waals surface area contributed by atoms with Gasteiger partial charge in [0.25, 0.3) is 5.91 Å². The molecule has 5 heteroatoms. The Morgan fingerprint density at radius 2 is 1.70 bits per heavy atom. The molecule has 5 nitrogen and oxygen atoms in total. The van der Waals surface area contributed by atoms with E-state index < -0.39 is 0 Å². The minimum absolute atomic E-state index is 0.157. The second kappa shape index (κ2) is 7.45. The summed E-state index contributed by atoms with van der Waals surface area (Å²) in [4.78, 5) is 23.4. The molecule has 0 aromatic heterocycles. The Morgan fingerprint density at radius 1 is 1.00 bits per heavy atom. The van der Waals surface area contributed by atoms with Gasteiger partial charge in [-0.25, -0.2) is 4.79 Å². The van der Waals surface area contributed by atoms with Crippen molar-refractivity contribution < 1.29 is 9.59 Å². The third-order valence-electron chi connectivity index (χ3n) is 3.57. The molecule has 3 N–H and O–H groups in total. The largest absolute Gasteiger partial charge is 0.355 e. The fourth-order valence-electron chi connectivity index (χ4n) is 2.24. The maximum atomic E-state index is 11.9. The topological polar surface area (TPSA) is 70.2 Å². The lowest BCUT2D eigenvalue weighted by molar-refractivity contribution is 0.0963. The van der Waals surface area contributed by atoms with Crippen molar-refractivity contribution in [3.63, 3.8) is 0 Å². The summed E-state index contributed by atoms with van der Waals surface area (Å²) in [6.45, 7) is 4.53. The highest BCUT2D eigenvalue weighted by Gasteiger charge is 2.05. The molecule has 23 heavy (non-hydrogen) atoms. The summed E-state index contributed by atoms with van der Waals surface area (Å²) in [5, 5.41) is 8.12. The Kier molecular flexibility index (Phi) is 5.36. The molecule has 3 amide bonds. The normalized spacial score (nSPS) is 10.0. The zero-order chi connectivity index (χ0) is 16.8. The molecule has 0 saturated heterocycles. The van der Waals surface area contributed by atoms with Crippen LogP contribution in [0.15, 0.2) is 42.5 Å². The van der Waals surface area contributed by atoms with Crippen molar-refractivity contribution in [1.82, 2.24) is 10.6 Å². The second-order valence-corrected chi connectivity index (χ2v) is 5.39. The van der Waals surface area contributed by atoms with Gasteiger partial charge in [0.1, 0.15) is 0 Å². The van der Waals surface area contributed by atoms with Crippen LogP contribution >= 0.6 is 0 Å². The van der Waals surface area contributed by atoms with E-state index in [1.54, 1.807) is 31.3 Å². The molecule has 2 aromatic rings. The molecule has 0 saturated carbocycles. The number of hydrogen-bond acceptors (Lipinski definition) is 2. The number of amides is 3. The van der Waals surface area contributed by atoms with Gasteiger partial charge in [-0.3, -0.25) is 4.79 Å². The van der Waals surface area contributed by atoms with E-state index in [4.69, 9.17) is 0 Å². The van der Waals surface area contributed by atoms with E-state index in [-0.39, 0.29) is 11.9 Å². The van der Waals surface area contributed by atoms with Crippen LogP contribution in [0.5, 0.6) is 0 Å². The molecule has 0 radical (unpaired) electrons. The number of carbonyl (C=O) groups excluding carboxylic acids is 2. The van der Waals surface area contributed by atoms with Gasteiger partial charge in [0.15, 0.2) is 0 Å². The average Bonchev–Trinajstić information content (AvgIpc) is 2.54. The summed E-state index contributed by atoms with van der Waals surface area (Å²) in [7, 11) is 1.58. The van der Waals surface area contributed by atoms with E-state index in [2.05, 4.69) is 22.0 Å². The highest BCUT2D eigenvalue weighted by molar-refractivity contribution is 5.95. The van der Waals surface area contributed by atoms with Crippen LogP contribution in [0.1, 0.15) is 27.0 Å². The first-order valence-corrected chi connectivity index (χ1v) is 7.42. The van der Waals surface area contributed by atoms with Crippen LogP contribution in [-0.2, 0) is 6.54 Å². The van der Waals surface area contributed by atoms with Crippen molar-refractivity contribution in [2.24, 2.45) is 0 Å². The van der Waals surface area contributed by atoms with Crippen LogP contribution in [-0.4, -0.2) is 19.0 Å². The predicted octanol–water partition coefficient (Wildman–Crippen LogP) is 2.98. The van der Waals surface area contributed by atoms with Crippen molar-refractivity contribution >= 4 is 17.6 Å². The third kappa shape index (κ3) is 4.57. The number of carbonyl (C=O) groups is 2. The smallest absolute Gasteiger partial charge is 0.319 e. The van der Waals surface area contributed by atoms with Crippen LogP contribution in [0.25, 0.3) is 0 Å². The van der Waals surface area contributed by atoms with Crippen LogP contribution in [0, 0.1) is 13.8 Å². The molecular formula is C18H21N3O2. The zero-order valence-electron chi connectivity index (χ0n) is 13.6. The molecule has 0 atom stereocenters. The Bertz CT molecular complexity index is 709. The van der Waals surface area contributed by atoms with Gasteiger partial charge in [-0.05, 0) is 49.2 Å². The summed E-state index contributed by atoms with van der Waals surface area (Å²) in [6.07, 6.45) is 0. The van der Waals surface area contributed by atoms with Crippen LogP contribution in [0.3, 0.4) is 0 Å². The molecule has 0 aliphatic heterocycles. The molecule has 0 spiro atoms. The van der Waals surface area contributed by atoms with Gasteiger partial charge in [0, 0.05) is 24.8 Å². The average molecular weight is 311 g/mol. The number of nitrogens with one attached hydrogen (secondary N) is 3. The van der Waals surface area contributed by atoms with Crippen molar-refractivity contribution in [1.29, 1.82) is 0 Å². The highest BCUT2D eigenvalue weighted by Crippen LogP contribution is 2.11. The van der Waals surface area contributed by atoms with Gasteiger partial charge in [-0.1, -0.05) is 23.8 Å². The number of urea groups is 1. The standard InChI is InChI=1S/C18H21N3O2/c1-12-4-5-15(13(2)10-12)11-20-18(23)21-16-8-6-14(7-9-16)17(22)19-3/h4-10H,11H2,1-3H3,(H,19,22)(H2,20,21,23). The molecule has 2 rings (SSSR count). The van der Waals surface area contributed by atoms with Gasteiger partial charge >= 0.3 is 6.03 Å². The molecule has 120 valence electrons. The number of hydrogen-bond donors (Lipinski definition) is 3. The first kappa shape index (κ1) is 16.5. The Morgan fingerprint density at radius 3 is 2.30 bits per heavy atom. The van der Waals surface area contributed by atoms with E-state index >= 15 is 0 Å². The molecule has 0 aliphatic rings. The first-order valence-electron chi connectivity index (χ1n) is 7.42. The van der Waals surface area contributed by atoms with E-state index in [1.165, 1.54) is 5.56 Å². The predicted molar refractivity (Wildman–Crippen MR) is 91.6 cm³/mol. The SMILES string of the molecule is CNC(=O)c1ccc(NC(=O)NCc2ccc(C)cc2C)cc1. The minimum atomic E-state index is -0.280. The zero-order valence-corrected chi connectivity index (χ0v) is 13.6. The molecule has 0 bridgehead atoms. The molecule has 0 aliphatic carbocycles. The molecule has 0 unspecified atom stereocenters. The van der Waals surface area contributed by atoms with Crippen LogP contribution < -0.4 is 16.0 Å². The lowest BCUT2D eigenvalue weighted by Gasteiger charge is -2.10. The van der Waals surface area contributed by atoms with Gasteiger partial charge < -0.3 is 16.0 Å². The molecule has 2 aromatic carbocycles. The van der Waals surface area contributed by atoms with Crippen LogP contribution in [0.2, 0.25) is 0 Å². The lowest BCUT2D eigenvalue weighted by atomic mass is 10.1. The van der Waals surface area contributed by atoms with E-state index in [0.717, 1.165) is 11.1 Å². The van der Waals surface area contributed by atoms with Gasteiger partial charge in [0.05, 0.1) is 0 Å². The monoisotopic (exact) mass is 311 g/mol. The number of aryl methyl sites for hydroxylation is 2. The fraction of sp³-hybridized carbons (Fsp3) is 0.222. The van der Waals surface area contributed by atoms with Crippen molar-refractivity contribution in [3.05, 3.63) is 64.7 Å². The van der Waals surface area contributed by atoms with Crippen molar-refractivity contribution in [2.75, 3.05) is 12.4 Å². The first-order chi connectivity index (χ1) is 11.0.